The minimum Gasteiger partial charge on any atom is -0.488 e. The van der Waals surface area contributed by atoms with Crippen molar-refractivity contribution in [3.05, 3.63) is 64.1 Å². The average molecular weight is 346 g/mol. The summed E-state index contributed by atoms with van der Waals surface area (Å²) in [6.07, 6.45) is 3.74. The molecule has 0 aliphatic heterocycles. The molecule has 0 spiro atoms. The Hall–Kier alpha value is -1.32. The third kappa shape index (κ3) is 4.32. The van der Waals surface area contributed by atoms with E-state index in [9.17, 15) is 0 Å². The Kier molecular flexibility index (Phi) is 4.94. The van der Waals surface area contributed by atoms with Gasteiger partial charge in [0.25, 0.3) is 0 Å². The monoisotopic (exact) mass is 345 g/mol. The molecule has 3 heteroatoms. The molecule has 0 amide bonds. The Labute approximate surface area is 134 Å². The van der Waals surface area contributed by atoms with Crippen molar-refractivity contribution in [2.75, 3.05) is 6.54 Å². The number of hydrogen-bond acceptors (Lipinski definition) is 2. The van der Waals surface area contributed by atoms with E-state index in [1.165, 1.54) is 24.0 Å². The van der Waals surface area contributed by atoms with Gasteiger partial charge in [-0.25, -0.2) is 0 Å². The molecule has 0 bridgehead atoms. The third-order valence-corrected chi connectivity index (χ3v) is 4.40. The second-order valence-electron chi connectivity index (χ2n) is 5.47. The van der Waals surface area contributed by atoms with E-state index >= 15 is 0 Å². The van der Waals surface area contributed by atoms with Gasteiger partial charge in [-0.1, -0.05) is 36.4 Å². The van der Waals surface area contributed by atoms with Crippen molar-refractivity contribution in [1.82, 2.24) is 5.32 Å². The second kappa shape index (κ2) is 7.10. The lowest BCUT2D eigenvalue weighted by Gasteiger charge is -2.12. The maximum Gasteiger partial charge on any atom is 0.133 e. The van der Waals surface area contributed by atoms with Crippen molar-refractivity contribution in [2.24, 2.45) is 0 Å². The van der Waals surface area contributed by atoms with Crippen LogP contribution in [0.2, 0.25) is 0 Å². The van der Waals surface area contributed by atoms with Crippen molar-refractivity contribution < 1.29 is 4.74 Å². The quantitative estimate of drug-likeness (QED) is 0.806. The molecule has 21 heavy (non-hydrogen) atoms. The second-order valence-corrected chi connectivity index (χ2v) is 6.32. The van der Waals surface area contributed by atoms with Gasteiger partial charge in [0.1, 0.15) is 12.4 Å². The molecular formula is C18H20BrNO. The lowest BCUT2D eigenvalue weighted by molar-refractivity contribution is 0.303. The molecule has 110 valence electrons. The Morgan fingerprint density at radius 1 is 1.00 bits per heavy atom. The van der Waals surface area contributed by atoms with Gasteiger partial charge in [-0.05, 0) is 65.0 Å². The van der Waals surface area contributed by atoms with Crippen LogP contribution in [0.15, 0.2) is 53.0 Å². The zero-order valence-electron chi connectivity index (χ0n) is 12.0. The molecule has 2 aromatic rings. The first-order valence-corrected chi connectivity index (χ1v) is 8.30. The number of ether oxygens (including phenoxy) is 1. The van der Waals surface area contributed by atoms with Crippen LogP contribution < -0.4 is 10.1 Å². The Morgan fingerprint density at radius 2 is 1.71 bits per heavy atom. The van der Waals surface area contributed by atoms with Gasteiger partial charge in [0, 0.05) is 6.04 Å². The first-order valence-electron chi connectivity index (χ1n) is 7.50. The standard InChI is InChI=1S/C18H20BrNO/c19-17-7-3-4-8-18(17)21-13-15-6-2-1-5-14(15)11-12-20-16-9-10-16/h1-8,16,20H,9-13H2. The van der Waals surface area contributed by atoms with Gasteiger partial charge in [-0.15, -0.1) is 0 Å². The van der Waals surface area contributed by atoms with Crippen LogP contribution in [0, 0.1) is 0 Å². The van der Waals surface area contributed by atoms with Crippen LogP contribution in [-0.2, 0) is 13.0 Å². The normalized spacial score (nSPS) is 14.1. The number of hydrogen-bond donors (Lipinski definition) is 1. The maximum atomic E-state index is 5.94. The molecule has 2 nitrogen and oxygen atoms in total. The number of nitrogens with one attached hydrogen (secondary N) is 1. The molecule has 0 heterocycles. The summed E-state index contributed by atoms with van der Waals surface area (Å²) in [6.45, 7) is 1.67. The predicted molar refractivity (Wildman–Crippen MR) is 89.6 cm³/mol. The maximum absolute atomic E-state index is 5.94. The van der Waals surface area contributed by atoms with Crippen LogP contribution in [0.1, 0.15) is 24.0 Å². The van der Waals surface area contributed by atoms with Crippen LogP contribution >= 0.6 is 15.9 Å². The van der Waals surface area contributed by atoms with Crippen molar-refractivity contribution in [2.45, 2.75) is 31.9 Å². The molecule has 0 aromatic heterocycles. The van der Waals surface area contributed by atoms with Crippen LogP contribution in [0.25, 0.3) is 0 Å². The molecule has 1 aliphatic rings. The predicted octanol–water partition coefficient (Wildman–Crippen LogP) is 4.32. The summed E-state index contributed by atoms with van der Waals surface area (Å²) in [6, 6.07) is 17.3. The fourth-order valence-corrected chi connectivity index (χ4v) is 2.76. The highest BCUT2D eigenvalue weighted by Gasteiger charge is 2.19. The Balaban J connectivity index is 1.60. The van der Waals surface area contributed by atoms with Gasteiger partial charge in [-0.3, -0.25) is 0 Å². The summed E-state index contributed by atoms with van der Waals surface area (Å²) in [7, 11) is 0. The van der Waals surface area contributed by atoms with E-state index in [1.807, 2.05) is 24.3 Å². The van der Waals surface area contributed by atoms with Crippen molar-refractivity contribution in [1.29, 1.82) is 0 Å². The molecule has 3 rings (SSSR count). The summed E-state index contributed by atoms with van der Waals surface area (Å²) in [5, 5.41) is 3.57. The zero-order valence-corrected chi connectivity index (χ0v) is 13.6. The third-order valence-electron chi connectivity index (χ3n) is 3.74. The highest BCUT2D eigenvalue weighted by Crippen LogP contribution is 2.25. The fourth-order valence-electron chi connectivity index (χ4n) is 2.36. The topological polar surface area (TPSA) is 21.3 Å². The molecule has 0 unspecified atom stereocenters. The van der Waals surface area contributed by atoms with Gasteiger partial charge in [0.2, 0.25) is 0 Å². The van der Waals surface area contributed by atoms with E-state index in [4.69, 9.17) is 4.74 Å². The molecule has 0 atom stereocenters. The summed E-state index contributed by atoms with van der Waals surface area (Å²) >= 11 is 3.52. The highest BCUT2D eigenvalue weighted by atomic mass is 79.9. The van der Waals surface area contributed by atoms with Gasteiger partial charge < -0.3 is 10.1 Å². The molecule has 2 aromatic carbocycles. The van der Waals surface area contributed by atoms with E-state index in [0.717, 1.165) is 29.2 Å². The number of rotatable bonds is 7. The van der Waals surface area contributed by atoms with Gasteiger partial charge in [-0.2, -0.15) is 0 Å². The molecule has 1 aliphatic carbocycles. The van der Waals surface area contributed by atoms with Crippen molar-refractivity contribution >= 4 is 15.9 Å². The van der Waals surface area contributed by atoms with Crippen LogP contribution in [0.3, 0.4) is 0 Å². The fraction of sp³-hybridized carbons (Fsp3) is 0.333. The van der Waals surface area contributed by atoms with E-state index < -0.39 is 0 Å². The van der Waals surface area contributed by atoms with Gasteiger partial charge >= 0.3 is 0 Å². The molecule has 1 saturated carbocycles. The average Bonchev–Trinajstić information content (AvgIpc) is 3.32. The zero-order chi connectivity index (χ0) is 14.5. The van der Waals surface area contributed by atoms with Crippen molar-refractivity contribution in [3.8, 4) is 5.75 Å². The van der Waals surface area contributed by atoms with E-state index in [1.54, 1.807) is 0 Å². The van der Waals surface area contributed by atoms with Crippen molar-refractivity contribution in [3.63, 3.8) is 0 Å². The SMILES string of the molecule is Brc1ccccc1OCc1ccccc1CCNC1CC1. The lowest BCUT2D eigenvalue weighted by Crippen LogP contribution is -2.19. The molecule has 0 radical (unpaired) electrons. The van der Waals surface area contributed by atoms with Crippen LogP contribution in [-0.4, -0.2) is 12.6 Å². The van der Waals surface area contributed by atoms with Gasteiger partial charge in [0.05, 0.1) is 4.47 Å². The number of benzene rings is 2. The number of para-hydroxylation sites is 1. The van der Waals surface area contributed by atoms with E-state index in [0.29, 0.717) is 6.61 Å². The summed E-state index contributed by atoms with van der Waals surface area (Å²) in [5.41, 5.74) is 2.64. The minimum atomic E-state index is 0.613. The first-order chi connectivity index (χ1) is 10.3. The minimum absolute atomic E-state index is 0.613. The van der Waals surface area contributed by atoms with Crippen LogP contribution in [0.5, 0.6) is 5.75 Å². The summed E-state index contributed by atoms with van der Waals surface area (Å²) in [4.78, 5) is 0. The lowest BCUT2D eigenvalue weighted by atomic mass is 10.1. The first kappa shape index (κ1) is 14.6. The smallest absolute Gasteiger partial charge is 0.133 e. The van der Waals surface area contributed by atoms with E-state index in [-0.39, 0.29) is 0 Å². The Morgan fingerprint density at radius 3 is 2.48 bits per heavy atom. The van der Waals surface area contributed by atoms with E-state index in [2.05, 4.69) is 45.5 Å². The van der Waals surface area contributed by atoms with Crippen LogP contribution in [0.4, 0.5) is 0 Å². The summed E-state index contributed by atoms with van der Waals surface area (Å²) < 4.78 is 6.93. The summed E-state index contributed by atoms with van der Waals surface area (Å²) in [5.74, 6) is 0.892. The molecule has 1 fully saturated rings. The molecule has 1 N–H and O–H groups in total. The number of halogens is 1. The molecular weight excluding hydrogens is 326 g/mol. The highest BCUT2D eigenvalue weighted by molar-refractivity contribution is 9.10. The Bertz CT molecular complexity index is 595. The van der Waals surface area contributed by atoms with Gasteiger partial charge in [0.15, 0.2) is 0 Å². The largest absolute Gasteiger partial charge is 0.488 e. The molecule has 0 saturated heterocycles.